The average Bonchev–Trinajstić information content (AvgIpc) is 3.44. The number of allylic oxidation sites excluding steroid dienone is 15. The maximum Gasteiger partial charge on any atom is 0.469 e. The number of Topliss-reactive ketones (excluding diaryl/α,β-unsaturated/α-hetero) is 1. The molecule has 0 aromatic carbocycles. The van der Waals surface area contributed by atoms with E-state index in [2.05, 4.69) is 73.1 Å². The Bertz CT molecular complexity index is 1400. The van der Waals surface area contributed by atoms with Gasteiger partial charge < -0.3 is 29.5 Å². The largest absolute Gasteiger partial charge is 0.469 e. The third kappa shape index (κ3) is 29.4. The number of carbonyl (C=O) groups excluding carboxylic acids is 3. The van der Waals surface area contributed by atoms with Crippen LogP contribution in [-0.4, -0.2) is 69.2 Å². The highest BCUT2D eigenvalue weighted by Gasteiger charge is 2.39. The lowest BCUT2D eigenvalue weighted by molar-refractivity contribution is -0.161. The van der Waals surface area contributed by atoms with Crippen molar-refractivity contribution < 1.29 is 52.9 Å². The summed E-state index contributed by atoms with van der Waals surface area (Å²) < 4.78 is 26.3. The van der Waals surface area contributed by atoms with E-state index in [4.69, 9.17) is 19.3 Å². The summed E-state index contributed by atoms with van der Waals surface area (Å²) in [7, 11) is -4.85. The van der Waals surface area contributed by atoms with E-state index in [1.165, 1.54) is 0 Å². The highest BCUT2D eigenvalue weighted by Crippen LogP contribution is 2.36. The van der Waals surface area contributed by atoms with Crippen LogP contribution in [0, 0.1) is 11.8 Å². The molecular formula is C45H69O11P. The first-order chi connectivity index (χ1) is 27.5. The molecule has 0 saturated heterocycles. The first-order valence-electron chi connectivity index (χ1n) is 20.6. The Balaban J connectivity index is 2.36. The number of hydrogen-bond donors (Lipinski definition) is 4. The number of unbranched alkanes of at least 4 members (excludes halogenated alkanes) is 3. The number of aliphatic hydroxyl groups excluding tert-OH is 2. The lowest BCUT2D eigenvalue weighted by atomic mass is 9.90. The van der Waals surface area contributed by atoms with Crippen molar-refractivity contribution >= 4 is 25.5 Å². The third-order valence-corrected chi connectivity index (χ3v) is 9.46. The summed E-state index contributed by atoms with van der Waals surface area (Å²) in [5.74, 6) is -1.99. The van der Waals surface area contributed by atoms with Gasteiger partial charge in [0.2, 0.25) is 0 Å². The van der Waals surface area contributed by atoms with Crippen LogP contribution in [0.15, 0.2) is 97.2 Å². The molecule has 1 saturated carbocycles. The van der Waals surface area contributed by atoms with Crippen molar-refractivity contribution in [3.63, 3.8) is 0 Å². The summed E-state index contributed by atoms with van der Waals surface area (Å²) in [5.41, 5.74) is 0. The van der Waals surface area contributed by atoms with E-state index < -0.39 is 57.2 Å². The number of esters is 2. The van der Waals surface area contributed by atoms with Gasteiger partial charge >= 0.3 is 19.8 Å². The van der Waals surface area contributed by atoms with Crippen molar-refractivity contribution in [2.75, 3.05) is 13.2 Å². The minimum absolute atomic E-state index is 0.000791. The smallest absolute Gasteiger partial charge is 0.462 e. The van der Waals surface area contributed by atoms with Crippen molar-refractivity contribution in [3.8, 4) is 0 Å². The van der Waals surface area contributed by atoms with E-state index in [1.807, 2.05) is 30.4 Å². The number of rotatable bonds is 32. The topological polar surface area (TPSA) is 177 Å². The minimum atomic E-state index is -4.85. The Morgan fingerprint density at radius 2 is 1.33 bits per heavy atom. The van der Waals surface area contributed by atoms with Crippen LogP contribution in [0.1, 0.15) is 123 Å². The molecular weight excluding hydrogens is 747 g/mol. The van der Waals surface area contributed by atoms with Gasteiger partial charge in [-0.25, -0.2) is 4.57 Å². The molecule has 1 fully saturated rings. The van der Waals surface area contributed by atoms with Crippen LogP contribution < -0.4 is 0 Å². The van der Waals surface area contributed by atoms with Crippen LogP contribution in [0.5, 0.6) is 0 Å². The molecule has 1 aliphatic rings. The molecule has 1 aliphatic carbocycles. The van der Waals surface area contributed by atoms with Gasteiger partial charge in [0.15, 0.2) is 6.10 Å². The number of hydrogen-bond acceptors (Lipinski definition) is 9. The van der Waals surface area contributed by atoms with Crippen LogP contribution in [0.4, 0.5) is 0 Å². The maximum atomic E-state index is 12.5. The molecule has 12 heteroatoms. The SMILES string of the molecule is CC/C=C\C/C=C\C/C=C\C/C=C\C/C=C\C/C=C\CCC(=O)OC[C@H](COP(=O)(O)O)OC(=O)CCC/C=C\C[C@H]1[C@@H](O)CC(=O)[C@@H]1/C=C/[C@@H](O)CCCCC. The summed E-state index contributed by atoms with van der Waals surface area (Å²) in [4.78, 5) is 55.5. The van der Waals surface area contributed by atoms with Crippen LogP contribution in [0.25, 0.3) is 0 Å². The van der Waals surface area contributed by atoms with Crippen molar-refractivity contribution in [1.29, 1.82) is 0 Å². The second kappa shape index (κ2) is 33.5. The highest BCUT2D eigenvalue weighted by atomic mass is 31.2. The molecule has 0 bridgehead atoms. The summed E-state index contributed by atoms with van der Waals surface area (Å²) in [6, 6.07) is 0. The molecule has 0 heterocycles. The summed E-state index contributed by atoms with van der Waals surface area (Å²) in [6.45, 7) is 3.15. The number of ketones is 1. The average molecular weight is 817 g/mol. The molecule has 0 aromatic heterocycles. The Labute approximate surface area is 341 Å². The van der Waals surface area contributed by atoms with Gasteiger partial charge in [-0.05, 0) is 70.6 Å². The van der Waals surface area contributed by atoms with Crippen molar-refractivity contribution in [3.05, 3.63) is 97.2 Å². The zero-order chi connectivity index (χ0) is 42.0. The predicted octanol–water partition coefficient (Wildman–Crippen LogP) is 9.21. The Morgan fingerprint density at radius 3 is 1.91 bits per heavy atom. The Kier molecular flexibility index (Phi) is 30.3. The van der Waals surface area contributed by atoms with Crippen LogP contribution in [0.3, 0.4) is 0 Å². The number of ether oxygens (including phenoxy) is 2. The van der Waals surface area contributed by atoms with E-state index in [1.54, 1.807) is 12.2 Å². The molecule has 0 radical (unpaired) electrons. The van der Waals surface area contributed by atoms with Crippen molar-refractivity contribution in [2.24, 2.45) is 11.8 Å². The normalized spacial score (nSPS) is 19.3. The fraction of sp³-hybridized carbons (Fsp3) is 0.578. The monoisotopic (exact) mass is 816 g/mol. The van der Waals surface area contributed by atoms with Gasteiger partial charge in [0.05, 0.1) is 18.8 Å². The molecule has 1 rings (SSSR count). The fourth-order valence-electron chi connectivity index (χ4n) is 5.85. The van der Waals surface area contributed by atoms with Crippen LogP contribution in [-0.2, 0) is 32.9 Å². The molecule has 57 heavy (non-hydrogen) atoms. The molecule has 5 atom stereocenters. The van der Waals surface area contributed by atoms with Gasteiger partial charge in [0, 0.05) is 31.1 Å². The number of aliphatic hydroxyl groups is 2. The molecule has 11 nitrogen and oxygen atoms in total. The lowest BCUT2D eigenvalue weighted by Gasteiger charge is -2.18. The zero-order valence-electron chi connectivity index (χ0n) is 34.2. The quantitative estimate of drug-likeness (QED) is 0.0220. The lowest BCUT2D eigenvalue weighted by Crippen LogP contribution is -2.29. The molecule has 0 aromatic rings. The maximum absolute atomic E-state index is 12.5. The van der Waals surface area contributed by atoms with Crippen LogP contribution in [0.2, 0.25) is 0 Å². The minimum Gasteiger partial charge on any atom is -0.462 e. The van der Waals surface area contributed by atoms with Crippen molar-refractivity contribution in [1.82, 2.24) is 0 Å². The van der Waals surface area contributed by atoms with E-state index in [-0.39, 0.29) is 31.0 Å². The van der Waals surface area contributed by atoms with Gasteiger partial charge in [-0.1, -0.05) is 130 Å². The molecule has 320 valence electrons. The second-order valence-electron chi connectivity index (χ2n) is 14.0. The predicted molar refractivity (Wildman–Crippen MR) is 226 cm³/mol. The number of carbonyl (C=O) groups is 3. The van der Waals surface area contributed by atoms with E-state index in [0.29, 0.717) is 32.1 Å². The van der Waals surface area contributed by atoms with E-state index in [9.17, 15) is 29.2 Å². The van der Waals surface area contributed by atoms with Crippen LogP contribution >= 0.6 is 7.82 Å². The van der Waals surface area contributed by atoms with Gasteiger partial charge in [-0.2, -0.15) is 0 Å². The first kappa shape index (κ1) is 51.6. The second-order valence-corrected chi connectivity index (χ2v) is 15.2. The van der Waals surface area contributed by atoms with Gasteiger partial charge in [-0.3, -0.25) is 18.9 Å². The third-order valence-electron chi connectivity index (χ3n) is 8.98. The number of phosphoric acid groups is 1. The summed E-state index contributed by atoms with van der Waals surface area (Å²) in [6.07, 6.45) is 40.8. The molecule has 0 aliphatic heterocycles. The molecule has 0 amide bonds. The molecule has 0 spiro atoms. The van der Waals surface area contributed by atoms with Crippen molar-refractivity contribution in [2.45, 2.75) is 141 Å². The summed E-state index contributed by atoms with van der Waals surface area (Å²) in [5, 5.41) is 20.6. The molecule has 0 unspecified atom stereocenters. The van der Waals surface area contributed by atoms with Gasteiger partial charge in [0.25, 0.3) is 0 Å². The first-order valence-corrected chi connectivity index (χ1v) is 22.2. The van der Waals surface area contributed by atoms with E-state index in [0.717, 1.165) is 57.8 Å². The Morgan fingerprint density at radius 1 is 0.754 bits per heavy atom. The fourth-order valence-corrected chi connectivity index (χ4v) is 6.21. The van der Waals surface area contributed by atoms with E-state index >= 15 is 0 Å². The van der Waals surface area contributed by atoms with Gasteiger partial charge in [0.1, 0.15) is 12.4 Å². The number of phosphoric ester groups is 1. The highest BCUT2D eigenvalue weighted by molar-refractivity contribution is 7.46. The molecule has 4 N–H and O–H groups in total. The standard InChI is InChI=1S/C45H69O11P/c1-3-5-7-8-9-10-11-12-13-14-15-16-17-18-19-20-21-22-27-31-44(49)54-36-39(37-55-57(51,52)53)56-45(50)32-28-24-23-26-30-40-41(43(48)35-42(40)47)34-33-38(46)29-25-6-4-2/h5,7,9-10,12-13,15-16,18-19,21-23,26,33-34,38-42,46-47H,3-4,6,8,11,14,17,20,24-25,27-32,35-37H2,1-2H3,(H2,51,52,53)/b7-5-,10-9-,13-12-,16-15-,19-18-,22-21-,26-23-,34-33+/t38-,39+,40+,41+,42-/m0/s1. The Hall–Kier alpha value is -3.44. The van der Waals surface area contributed by atoms with Gasteiger partial charge in [-0.15, -0.1) is 0 Å². The summed E-state index contributed by atoms with van der Waals surface area (Å²) >= 11 is 0. The zero-order valence-corrected chi connectivity index (χ0v) is 35.0.